The summed E-state index contributed by atoms with van der Waals surface area (Å²) >= 11 is 1.64. The van der Waals surface area contributed by atoms with Gasteiger partial charge in [-0.1, -0.05) is 52.4 Å². The molecule has 0 aromatic heterocycles. The smallest absolute Gasteiger partial charge is 0.407 e. The van der Waals surface area contributed by atoms with Crippen molar-refractivity contribution < 1.29 is 19.1 Å². The number of thioether (sulfide) groups is 1. The van der Waals surface area contributed by atoms with E-state index in [4.69, 9.17) is 9.47 Å². The normalized spacial score (nSPS) is 11.8. The summed E-state index contributed by atoms with van der Waals surface area (Å²) in [6, 6.07) is -0.619. The second-order valence-electron chi connectivity index (χ2n) is 5.90. The van der Waals surface area contributed by atoms with Crippen LogP contribution < -0.4 is 5.32 Å². The third kappa shape index (κ3) is 13.5. The van der Waals surface area contributed by atoms with E-state index in [-0.39, 0.29) is 5.97 Å². The minimum Gasteiger partial charge on any atom is -0.464 e. The van der Waals surface area contributed by atoms with E-state index >= 15 is 0 Å². The molecule has 0 spiro atoms. The van der Waals surface area contributed by atoms with Crippen molar-refractivity contribution in [2.24, 2.45) is 0 Å². The zero-order valence-corrected chi connectivity index (χ0v) is 16.4. The van der Waals surface area contributed by atoms with Gasteiger partial charge in [-0.2, -0.15) is 11.8 Å². The van der Waals surface area contributed by atoms with Crippen LogP contribution in [-0.4, -0.2) is 43.3 Å². The maximum atomic E-state index is 12.1. The SMILES string of the molecule is CCCCCCCCOC(=O)C(CCSC)NC(=O)OCCCC. The van der Waals surface area contributed by atoms with Crippen molar-refractivity contribution in [3.63, 3.8) is 0 Å². The quantitative estimate of drug-likeness (QED) is 0.343. The Kier molecular flexibility index (Phi) is 16.3. The Bertz CT molecular complexity index is 326. The molecule has 0 aliphatic rings. The number of nitrogens with one attached hydrogen (secondary N) is 1. The lowest BCUT2D eigenvalue weighted by atomic mass is 10.1. The van der Waals surface area contributed by atoms with Gasteiger partial charge < -0.3 is 14.8 Å². The number of carbonyl (C=O) groups excluding carboxylic acids is 2. The zero-order valence-electron chi connectivity index (χ0n) is 15.6. The summed E-state index contributed by atoms with van der Waals surface area (Å²) < 4.78 is 10.4. The lowest BCUT2D eigenvalue weighted by molar-refractivity contribution is -0.146. The molecule has 0 fully saturated rings. The highest BCUT2D eigenvalue weighted by Crippen LogP contribution is 2.07. The Labute approximate surface area is 151 Å². The Hall–Kier alpha value is -0.910. The standard InChI is InChI=1S/C18H35NO4S/c1-4-6-8-9-10-11-14-22-17(20)16(12-15-24-3)19-18(21)23-13-7-5-2/h16H,4-15H2,1-3H3,(H,19,21). The molecule has 0 aliphatic carbocycles. The molecule has 24 heavy (non-hydrogen) atoms. The molecule has 0 radical (unpaired) electrons. The van der Waals surface area contributed by atoms with Crippen LogP contribution in [0, 0.1) is 0 Å². The van der Waals surface area contributed by atoms with Crippen molar-refractivity contribution >= 4 is 23.8 Å². The van der Waals surface area contributed by atoms with Gasteiger partial charge in [-0.15, -0.1) is 0 Å². The number of carbonyl (C=O) groups is 2. The third-order valence-electron chi connectivity index (χ3n) is 3.66. The zero-order chi connectivity index (χ0) is 18.0. The summed E-state index contributed by atoms with van der Waals surface area (Å²) in [6.45, 7) is 5.02. The molecule has 1 unspecified atom stereocenters. The van der Waals surface area contributed by atoms with Gasteiger partial charge in [0, 0.05) is 0 Å². The van der Waals surface area contributed by atoms with Crippen molar-refractivity contribution in [2.75, 3.05) is 25.2 Å². The number of amides is 1. The van der Waals surface area contributed by atoms with Gasteiger partial charge in [0.1, 0.15) is 6.04 Å². The summed E-state index contributed by atoms with van der Waals surface area (Å²) in [5.74, 6) is 0.427. The van der Waals surface area contributed by atoms with Crippen molar-refractivity contribution in [3.8, 4) is 0 Å². The van der Waals surface area contributed by atoms with Gasteiger partial charge in [-0.3, -0.25) is 0 Å². The number of hydrogen-bond acceptors (Lipinski definition) is 5. The van der Waals surface area contributed by atoms with Crippen LogP contribution in [0.4, 0.5) is 4.79 Å². The molecule has 142 valence electrons. The monoisotopic (exact) mass is 361 g/mol. The van der Waals surface area contributed by atoms with Crippen LogP contribution in [0.5, 0.6) is 0 Å². The number of esters is 1. The van der Waals surface area contributed by atoms with E-state index in [1.54, 1.807) is 11.8 Å². The van der Waals surface area contributed by atoms with Gasteiger partial charge in [0.05, 0.1) is 13.2 Å². The summed E-state index contributed by atoms with van der Waals surface area (Å²) in [5, 5.41) is 2.63. The van der Waals surface area contributed by atoms with Crippen LogP contribution >= 0.6 is 11.8 Å². The summed E-state index contributed by atoms with van der Waals surface area (Å²) in [5.41, 5.74) is 0. The highest BCUT2D eigenvalue weighted by molar-refractivity contribution is 7.98. The highest BCUT2D eigenvalue weighted by atomic mass is 32.2. The van der Waals surface area contributed by atoms with Gasteiger partial charge in [-0.05, 0) is 31.3 Å². The summed E-state index contributed by atoms with van der Waals surface area (Å²) in [4.78, 5) is 23.9. The van der Waals surface area contributed by atoms with Crippen LogP contribution in [0.25, 0.3) is 0 Å². The first-order chi connectivity index (χ1) is 11.7. The van der Waals surface area contributed by atoms with E-state index in [2.05, 4.69) is 12.2 Å². The van der Waals surface area contributed by atoms with E-state index < -0.39 is 12.1 Å². The van der Waals surface area contributed by atoms with E-state index in [0.29, 0.717) is 19.6 Å². The maximum absolute atomic E-state index is 12.1. The molecule has 1 amide bonds. The van der Waals surface area contributed by atoms with Crippen LogP contribution in [0.2, 0.25) is 0 Å². The molecule has 0 aliphatic heterocycles. The third-order valence-corrected chi connectivity index (χ3v) is 4.30. The van der Waals surface area contributed by atoms with Gasteiger partial charge in [0.2, 0.25) is 0 Å². The molecule has 1 atom stereocenters. The number of unbranched alkanes of at least 4 members (excludes halogenated alkanes) is 6. The minimum absolute atomic E-state index is 0.356. The largest absolute Gasteiger partial charge is 0.464 e. The predicted octanol–water partition coefficient (Wildman–Crippen LogP) is 4.54. The van der Waals surface area contributed by atoms with Crippen LogP contribution in [0.3, 0.4) is 0 Å². The molecule has 6 heteroatoms. The van der Waals surface area contributed by atoms with Crippen LogP contribution in [-0.2, 0) is 14.3 Å². The number of alkyl carbamates (subject to hydrolysis) is 1. The Morgan fingerprint density at radius 2 is 1.54 bits per heavy atom. The minimum atomic E-state index is -0.619. The number of ether oxygens (including phenoxy) is 2. The van der Waals surface area contributed by atoms with Gasteiger partial charge >= 0.3 is 12.1 Å². The first-order valence-corrected chi connectivity index (χ1v) is 10.6. The van der Waals surface area contributed by atoms with Gasteiger partial charge in [0.25, 0.3) is 0 Å². The molecule has 1 N–H and O–H groups in total. The highest BCUT2D eigenvalue weighted by Gasteiger charge is 2.22. The lowest BCUT2D eigenvalue weighted by Crippen LogP contribution is -2.42. The Balaban J connectivity index is 4.03. The molecule has 0 aromatic rings. The lowest BCUT2D eigenvalue weighted by Gasteiger charge is -2.17. The van der Waals surface area contributed by atoms with Crippen molar-refractivity contribution in [3.05, 3.63) is 0 Å². The van der Waals surface area contributed by atoms with E-state index in [1.807, 2.05) is 13.2 Å². The van der Waals surface area contributed by atoms with Crippen LogP contribution in [0.15, 0.2) is 0 Å². The fraction of sp³-hybridized carbons (Fsp3) is 0.889. The van der Waals surface area contributed by atoms with Crippen molar-refractivity contribution in [1.82, 2.24) is 5.32 Å². The average Bonchev–Trinajstić information content (AvgIpc) is 2.57. The summed E-state index contributed by atoms with van der Waals surface area (Å²) in [6.07, 6.45) is 10.7. The van der Waals surface area contributed by atoms with Crippen LogP contribution in [0.1, 0.15) is 71.6 Å². The topological polar surface area (TPSA) is 64.6 Å². The number of hydrogen-bond donors (Lipinski definition) is 1. The molecule has 0 heterocycles. The van der Waals surface area contributed by atoms with E-state index in [1.165, 1.54) is 25.7 Å². The fourth-order valence-electron chi connectivity index (χ4n) is 2.13. The van der Waals surface area contributed by atoms with E-state index in [9.17, 15) is 9.59 Å². The first kappa shape index (κ1) is 23.1. The van der Waals surface area contributed by atoms with Gasteiger partial charge in [-0.25, -0.2) is 9.59 Å². The molecular weight excluding hydrogens is 326 g/mol. The van der Waals surface area contributed by atoms with Gasteiger partial charge in [0.15, 0.2) is 0 Å². The molecule has 0 bridgehead atoms. The maximum Gasteiger partial charge on any atom is 0.407 e. The Morgan fingerprint density at radius 3 is 2.21 bits per heavy atom. The van der Waals surface area contributed by atoms with Crippen molar-refractivity contribution in [2.45, 2.75) is 77.7 Å². The summed E-state index contributed by atoms with van der Waals surface area (Å²) in [7, 11) is 0. The Morgan fingerprint density at radius 1 is 0.917 bits per heavy atom. The number of rotatable bonds is 15. The fourth-order valence-corrected chi connectivity index (χ4v) is 2.60. The molecule has 0 aromatic carbocycles. The van der Waals surface area contributed by atoms with Crippen molar-refractivity contribution in [1.29, 1.82) is 0 Å². The second kappa shape index (κ2) is 16.9. The molecule has 0 saturated heterocycles. The first-order valence-electron chi connectivity index (χ1n) is 9.24. The molecule has 0 saturated carbocycles. The predicted molar refractivity (Wildman–Crippen MR) is 101 cm³/mol. The molecular formula is C18H35NO4S. The molecule has 0 rings (SSSR count). The molecule has 5 nitrogen and oxygen atoms in total. The second-order valence-corrected chi connectivity index (χ2v) is 6.89. The average molecular weight is 362 g/mol. The van der Waals surface area contributed by atoms with E-state index in [0.717, 1.165) is 31.4 Å².